The maximum atomic E-state index is 13.1. The molecule has 6 rings (SSSR count). The van der Waals surface area contributed by atoms with E-state index in [9.17, 15) is 18.4 Å². The van der Waals surface area contributed by atoms with Gasteiger partial charge >= 0.3 is 10.9 Å². The number of benzene rings is 3. The summed E-state index contributed by atoms with van der Waals surface area (Å²) in [6.07, 6.45) is 0.354. The van der Waals surface area contributed by atoms with Crippen molar-refractivity contribution in [2.75, 3.05) is 31.3 Å². The third kappa shape index (κ3) is 6.63. The van der Waals surface area contributed by atoms with Crippen molar-refractivity contribution in [1.29, 1.82) is 0 Å². The van der Waals surface area contributed by atoms with Crippen LogP contribution in [0, 0.1) is 5.21 Å². The van der Waals surface area contributed by atoms with Crippen LogP contribution in [0.5, 0.6) is 11.6 Å². The van der Waals surface area contributed by atoms with E-state index in [1.807, 2.05) is 48.5 Å². The highest BCUT2D eigenvalue weighted by molar-refractivity contribution is 7.99. The predicted octanol–water partition coefficient (Wildman–Crippen LogP) is 4.00. The van der Waals surface area contributed by atoms with Gasteiger partial charge < -0.3 is 24.9 Å². The van der Waals surface area contributed by atoms with Crippen molar-refractivity contribution in [2.45, 2.75) is 34.0 Å². The third-order valence-corrected chi connectivity index (χ3v) is 9.73. The standard InChI is InChI=1S/C30H28N6O7S2/c1-41-22-9-7-8-20(18-22)31-27-24-12-5-6-13-25(24)32-30(33-27)44-19-26(37)35-16-14-21(15-17-35)42-28-29(36(38)43-34-28)45(39,40)23-10-3-2-4-11-23/h2-13,18,21H,14-17,19H2,1H3,(H,31,32,33). The first-order chi connectivity index (χ1) is 21.8. The lowest BCUT2D eigenvalue weighted by atomic mass is 10.1. The number of hydrogen-bond acceptors (Lipinski definition) is 12. The molecule has 0 radical (unpaired) electrons. The Morgan fingerprint density at radius 2 is 1.82 bits per heavy atom. The molecule has 1 amide bonds. The number of carbonyl (C=O) groups is 1. The van der Waals surface area contributed by atoms with Crippen LogP contribution < -0.4 is 19.7 Å². The highest BCUT2D eigenvalue weighted by atomic mass is 32.2. The summed E-state index contributed by atoms with van der Waals surface area (Å²) in [5, 5.41) is 19.7. The number of hydrogen-bond donors (Lipinski definition) is 1. The molecule has 2 aromatic heterocycles. The van der Waals surface area contributed by atoms with Gasteiger partial charge in [-0.2, -0.15) is 0 Å². The first-order valence-electron chi connectivity index (χ1n) is 14.0. The minimum absolute atomic E-state index is 0.0841. The average molecular weight is 649 g/mol. The molecule has 0 unspecified atom stereocenters. The van der Waals surface area contributed by atoms with Crippen LogP contribution in [0.15, 0.2) is 98.6 Å². The molecule has 13 nitrogen and oxygen atoms in total. The molecule has 3 heterocycles. The number of methoxy groups -OCH3 is 1. The Labute approximate surface area is 262 Å². The van der Waals surface area contributed by atoms with Crippen LogP contribution in [0.2, 0.25) is 0 Å². The first-order valence-corrected chi connectivity index (χ1v) is 16.4. The van der Waals surface area contributed by atoms with Gasteiger partial charge in [0.25, 0.3) is 9.84 Å². The van der Waals surface area contributed by atoms with Crippen molar-refractivity contribution >= 4 is 49.9 Å². The molecule has 0 aliphatic carbocycles. The summed E-state index contributed by atoms with van der Waals surface area (Å²) in [5.74, 6) is 0.953. The number of piperidine rings is 1. The fourth-order valence-corrected chi connectivity index (χ4v) is 6.91. The third-order valence-electron chi connectivity index (χ3n) is 7.17. The monoisotopic (exact) mass is 648 g/mol. The van der Waals surface area contributed by atoms with E-state index < -0.39 is 26.8 Å². The van der Waals surface area contributed by atoms with Crippen molar-refractivity contribution in [3.8, 4) is 11.6 Å². The van der Waals surface area contributed by atoms with Gasteiger partial charge in [0.1, 0.15) is 17.7 Å². The van der Waals surface area contributed by atoms with Crippen LogP contribution in [0.1, 0.15) is 12.8 Å². The Morgan fingerprint density at radius 1 is 1.07 bits per heavy atom. The van der Waals surface area contributed by atoms with Gasteiger partial charge in [-0.3, -0.25) is 9.42 Å². The Hall–Kier alpha value is -4.89. The molecular formula is C30H28N6O7S2. The number of rotatable bonds is 10. The highest BCUT2D eigenvalue weighted by Gasteiger charge is 2.37. The Balaban J connectivity index is 1.08. The van der Waals surface area contributed by atoms with E-state index in [4.69, 9.17) is 14.5 Å². The molecular weight excluding hydrogens is 620 g/mol. The fourth-order valence-electron chi connectivity index (χ4n) is 4.88. The minimum Gasteiger partial charge on any atom is -0.497 e. The lowest BCUT2D eigenvalue weighted by Crippen LogP contribution is -2.42. The van der Waals surface area contributed by atoms with Gasteiger partial charge in [-0.25, -0.2) is 18.4 Å². The zero-order chi connectivity index (χ0) is 31.4. The summed E-state index contributed by atoms with van der Waals surface area (Å²) in [6.45, 7) is 0.753. The van der Waals surface area contributed by atoms with Gasteiger partial charge in [0.05, 0.1) is 28.4 Å². The molecule has 15 heteroatoms. The molecule has 5 aromatic rings. The number of thioether (sulfide) groups is 1. The Bertz CT molecular complexity index is 1930. The van der Waals surface area contributed by atoms with Crippen LogP contribution >= 0.6 is 11.8 Å². The number of nitrogens with one attached hydrogen (secondary N) is 1. The van der Waals surface area contributed by atoms with Crippen LogP contribution in [0.4, 0.5) is 11.5 Å². The van der Waals surface area contributed by atoms with E-state index in [0.717, 1.165) is 16.6 Å². The largest absolute Gasteiger partial charge is 0.497 e. The van der Waals surface area contributed by atoms with Crippen molar-refractivity contribution < 1.29 is 32.2 Å². The fraction of sp³-hybridized carbons (Fsp3) is 0.233. The van der Waals surface area contributed by atoms with Gasteiger partial charge in [-0.15, -0.1) is 0 Å². The van der Waals surface area contributed by atoms with E-state index in [1.165, 1.54) is 23.9 Å². The maximum Gasteiger partial charge on any atom is 0.415 e. The van der Waals surface area contributed by atoms with Crippen LogP contribution in [-0.2, 0) is 14.6 Å². The maximum absolute atomic E-state index is 13.1. The second-order valence-electron chi connectivity index (χ2n) is 10.1. The van der Waals surface area contributed by atoms with Crippen molar-refractivity contribution in [1.82, 2.24) is 20.0 Å². The molecule has 1 N–H and O–H groups in total. The molecule has 1 saturated heterocycles. The molecule has 1 aliphatic heterocycles. The average Bonchev–Trinajstić information content (AvgIpc) is 3.44. The minimum atomic E-state index is -4.22. The van der Waals surface area contributed by atoms with E-state index in [1.54, 1.807) is 30.2 Å². The summed E-state index contributed by atoms with van der Waals surface area (Å²) in [6, 6.07) is 22.6. The van der Waals surface area contributed by atoms with E-state index in [-0.39, 0.29) is 21.5 Å². The molecule has 0 spiro atoms. The molecule has 3 aromatic carbocycles. The number of anilines is 2. The molecule has 1 aliphatic rings. The van der Waals surface area contributed by atoms with E-state index >= 15 is 0 Å². The normalized spacial score (nSPS) is 13.9. The zero-order valence-corrected chi connectivity index (χ0v) is 25.7. The Kier molecular flexibility index (Phi) is 8.71. The number of sulfone groups is 1. The van der Waals surface area contributed by atoms with Gasteiger partial charge in [-0.05, 0) is 41.3 Å². The number of amides is 1. The topological polar surface area (TPSA) is 164 Å². The number of aromatic nitrogens is 4. The van der Waals surface area contributed by atoms with E-state index in [0.29, 0.717) is 42.7 Å². The van der Waals surface area contributed by atoms with Crippen LogP contribution in [-0.4, -0.2) is 66.4 Å². The van der Waals surface area contributed by atoms with E-state index in [2.05, 4.69) is 20.1 Å². The summed E-state index contributed by atoms with van der Waals surface area (Å²) in [5.41, 5.74) is 1.54. The van der Waals surface area contributed by atoms with Crippen molar-refractivity contribution in [2.24, 2.45) is 0 Å². The number of ether oxygens (including phenoxy) is 2. The summed E-state index contributed by atoms with van der Waals surface area (Å²) in [7, 11) is -2.62. The van der Waals surface area contributed by atoms with Gasteiger partial charge in [0.15, 0.2) is 5.16 Å². The molecule has 0 saturated carbocycles. The number of nitrogens with zero attached hydrogens (tertiary/aromatic N) is 5. The summed E-state index contributed by atoms with van der Waals surface area (Å²) < 4.78 is 41.8. The van der Waals surface area contributed by atoms with Gasteiger partial charge in [0, 0.05) is 43.1 Å². The van der Waals surface area contributed by atoms with Gasteiger partial charge in [0.2, 0.25) is 5.91 Å². The second-order valence-corrected chi connectivity index (χ2v) is 12.9. The van der Waals surface area contributed by atoms with Crippen LogP contribution in [0.3, 0.4) is 0 Å². The number of carbonyl (C=O) groups excluding carboxylic acids is 1. The SMILES string of the molecule is COc1cccc(Nc2nc(SCC(=O)N3CCC(Oc4no[n+]([O-])c4S(=O)(=O)c4ccccc4)CC3)nc3ccccc23)c1. The summed E-state index contributed by atoms with van der Waals surface area (Å²) >= 11 is 1.24. The number of likely N-dealkylation sites (tertiary alicyclic amines) is 1. The van der Waals surface area contributed by atoms with Gasteiger partial charge in [-0.1, -0.05) is 48.2 Å². The molecule has 0 bridgehead atoms. The predicted molar refractivity (Wildman–Crippen MR) is 164 cm³/mol. The molecule has 0 atom stereocenters. The summed E-state index contributed by atoms with van der Waals surface area (Å²) in [4.78, 5) is 23.9. The van der Waals surface area contributed by atoms with Crippen molar-refractivity contribution in [3.63, 3.8) is 0 Å². The lowest BCUT2D eigenvalue weighted by molar-refractivity contribution is -0.832. The first kappa shape index (κ1) is 30.1. The molecule has 1 fully saturated rings. The Morgan fingerprint density at radius 3 is 2.60 bits per heavy atom. The smallest absolute Gasteiger partial charge is 0.415 e. The molecule has 45 heavy (non-hydrogen) atoms. The number of para-hydroxylation sites is 1. The van der Waals surface area contributed by atoms with Crippen LogP contribution in [0.25, 0.3) is 10.9 Å². The second kappa shape index (κ2) is 13.0. The number of fused-ring (bicyclic) bond motifs is 1. The molecule has 232 valence electrons. The quantitative estimate of drug-likeness (QED) is 0.132. The highest BCUT2D eigenvalue weighted by Crippen LogP contribution is 2.30. The van der Waals surface area contributed by atoms with Crippen molar-refractivity contribution in [3.05, 3.63) is 84.1 Å². The lowest BCUT2D eigenvalue weighted by Gasteiger charge is -2.31. The zero-order valence-electron chi connectivity index (χ0n) is 24.0.